The van der Waals surface area contributed by atoms with Gasteiger partial charge in [-0.3, -0.25) is 0 Å². The van der Waals surface area contributed by atoms with Gasteiger partial charge in [0.05, 0.1) is 11.7 Å². The minimum Gasteiger partial charge on any atom is -0.423 e. The summed E-state index contributed by atoms with van der Waals surface area (Å²) in [6.45, 7) is 9.77. The van der Waals surface area contributed by atoms with Crippen molar-refractivity contribution in [2.75, 3.05) is 6.61 Å². The van der Waals surface area contributed by atoms with Crippen molar-refractivity contribution >= 4 is 5.97 Å². The van der Waals surface area contributed by atoms with Crippen molar-refractivity contribution in [3.8, 4) is 16.9 Å². The maximum Gasteiger partial charge on any atom is 0.343 e. The van der Waals surface area contributed by atoms with E-state index in [4.69, 9.17) is 9.47 Å². The second-order valence-electron chi connectivity index (χ2n) is 14.2. The van der Waals surface area contributed by atoms with Gasteiger partial charge in [-0.15, -0.1) is 0 Å². The van der Waals surface area contributed by atoms with Crippen LogP contribution in [0.4, 0.5) is 0 Å². The molecule has 2 unspecified atom stereocenters. The van der Waals surface area contributed by atoms with E-state index in [1.165, 1.54) is 133 Å². The van der Waals surface area contributed by atoms with E-state index in [1.54, 1.807) is 0 Å². The molecule has 0 radical (unpaired) electrons. The third-order valence-corrected chi connectivity index (χ3v) is 10.1. The zero-order valence-electron chi connectivity index (χ0n) is 31.7. The largest absolute Gasteiger partial charge is 0.423 e. The van der Waals surface area contributed by atoms with E-state index in [1.807, 2.05) is 36.4 Å². The predicted octanol–water partition coefficient (Wildman–Crippen LogP) is 14.6. The molecule has 2 atom stereocenters. The first-order chi connectivity index (χ1) is 24.0. The van der Waals surface area contributed by atoms with Crippen LogP contribution in [0.25, 0.3) is 11.1 Å². The lowest BCUT2D eigenvalue weighted by molar-refractivity contribution is 0.0627. The zero-order chi connectivity index (χ0) is 34.9. The number of hydrogen-bond acceptors (Lipinski definition) is 3. The second kappa shape index (κ2) is 25.1. The molecule has 270 valence electrons. The molecule has 0 aromatic heterocycles. The number of rotatable bonds is 27. The summed E-state index contributed by atoms with van der Waals surface area (Å²) in [5.74, 6) is 0.860. The summed E-state index contributed by atoms with van der Waals surface area (Å²) in [7, 11) is 0. The van der Waals surface area contributed by atoms with E-state index in [9.17, 15) is 4.79 Å². The van der Waals surface area contributed by atoms with Crippen LogP contribution in [0.1, 0.15) is 190 Å². The molecule has 0 spiro atoms. The molecule has 0 aliphatic heterocycles. The predicted molar refractivity (Wildman–Crippen MR) is 210 cm³/mol. The Morgan fingerprint density at radius 3 is 1.51 bits per heavy atom. The number of carbonyl (C=O) groups is 1. The first-order valence-electron chi connectivity index (χ1n) is 20.2. The van der Waals surface area contributed by atoms with Gasteiger partial charge in [0.1, 0.15) is 5.75 Å². The summed E-state index contributed by atoms with van der Waals surface area (Å²) in [6, 6.07) is 24.5. The van der Waals surface area contributed by atoms with Crippen LogP contribution < -0.4 is 4.74 Å². The summed E-state index contributed by atoms with van der Waals surface area (Å²) in [5, 5.41) is 0. The highest BCUT2D eigenvalue weighted by molar-refractivity contribution is 5.91. The van der Waals surface area contributed by atoms with Crippen LogP contribution in [0.15, 0.2) is 72.8 Å². The summed E-state index contributed by atoms with van der Waals surface area (Å²) in [5.41, 5.74) is 5.31. The molecule has 3 heteroatoms. The van der Waals surface area contributed by atoms with E-state index >= 15 is 0 Å². The molecule has 0 aliphatic carbocycles. The molecule has 0 saturated heterocycles. The van der Waals surface area contributed by atoms with E-state index in [0.717, 1.165) is 24.2 Å². The molecule has 0 aliphatic rings. The smallest absolute Gasteiger partial charge is 0.343 e. The molecular weight excluding hydrogens is 601 g/mol. The molecule has 0 amide bonds. The summed E-state index contributed by atoms with van der Waals surface area (Å²) in [4.78, 5) is 13.0. The van der Waals surface area contributed by atoms with Gasteiger partial charge in [0.2, 0.25) is 0 Å². The van der Waals surface area contributed by atoms with Gasteiger partial charge < -0.3 is 9.47 Å². The lowest BCUT2D eigenvalue weighted by atomic mass is 9.89. The average Bonchev–Trinajstić information content (AvgIpc) is 3.13. The Labute approximate surface area is 300 Å². The second-order valence-corrected chi connectivity index (χ2v) is 14.2. The number of hydrogen-bond donors (Lipinski definition) is 0. The quantitative estimate of drug-likeness (QED) is 0.0461. The fourth-order valence-electron chi connectivity index (χ4n) is 6.84. The highest BCUT2D eigenvalue weighted by Gasteiger charge is 2.13. The van der Waals surface area contributed by atoms with Crippen molar-refractivity contribution in [1.29, 1.82) is 0 Å². The number of unbranched alkanes of at least 4 members (excludes halogenated alkanes) is 15. The van der Waals surface area contributed by atoms with Gasteiger partial charge in [0.15, 0.2) is 0 Å². The maximum absolute atomic E-state index is 13.0. The molecule has 0 fully saturated rings. The minimum absolute atomic E-state index is 0.0852. The van der Waals surface area contributed by atoms with Crippen LogP contribution in [0.3, 0.4) is 0 Å². The highest BCUT2D eigenvalue weighted by Crippen LogP contribution is 2.30. The monoisotopic (exact) mass is 669 g/mol. The van der Waals surface area contributed by atoms with Gasteiger partial charge in [-0.05, 0) is 78.6 Å². The molecule has 49 heavy (non-hydrogen) atoms. The van der Waals surface area contributed by atoms with E-state index in [2.05, 4.69) is 64.1 Å². The van der Waals surface area contributed by atoms with Gasteiger partial charge in [-0.2, -0.15) is 0 Å². The van der Waals surface area contributed by atoms with E-state index in [-0.39, 0.29) is 12.1 Å². The summed E-state index contributed by atoms with van der Waals surface area (Å²) < 4.78 is 11.9. The highest BCUT2D eigenvalue weighted by atomic mass is 16.5. The van der Waals surface area contributed by atoms with Gasteiger partial charge >= 0.3 is 5.97 Å². The van der Waals surface area contributed by atoms with Gasteiger partial charge in [0, 0.05) is 6.61 Å². The van der Waals surface area contributed by atoms with Crippen LogP contribution in [0.5, 0.6) is 5.75 Å². The Balaban J connectivity index is 1.40. The molecule has 3 aromatic rings. The fraction of sp³-hybridized carbons (Fsp3) is 0.587. The third kappa shape index (κ3) is 16.1. The Morgan fingerprint density at radius 2 is 0.980 bits per heavy atom. The van der Waals surface area contributed by atoms with Gasteiger partial charge in [0.25, 0.3) is 0 Å². The van der Waals surface area contributed by atoms with Crippen molar-refractivity contribution < 1.29 is 14.3 Å². The topological polar surface area (TPSA) is 35.5 Å². The van der Waals surface area contributed by atoms with Crippen molar-refractivity contribution in [3.05, 3.63) is 89.5 Å². The van der Waals surface area contributed by atoms with Crippen LogP contribution in [0.2, 0.25) is 0 Å². The van der Waals surface area contributed by atoms with Crippen LogP contribution in [-0.2, 0) is 4.74 Å². The standard InChI is InChI=1S/C46H68O3/c1-5-8-10-12-14-16-17-19-21-24-40(23-7-3)43-33-35-45(36-34-43)49-46(47)44-31-29-42(30-32-44)41-27-25-39(26-28-41)38(4)48-37-22-20-18-15-13-11-9-6-2/h25-36,38,40H,5-24,37H2,1-4H3. The summed E-state index contributed by atoms with van der Waals surface area (Å²) in [6.07, 6.45) is 26.5. The molecule has 0 N–H and O–H groups in total. The first-order valence-corrected chi connectivity index (χ1v) is 20.2. The Morgan fingerprint density at radius 1 is 0.510 bits per heavy atom. The Kier molecular flexibility index (Phi) is 20.8. The van der Waals surface area contributed by atoms with Crippen molar-refractivity contribution in [2.24, 2.45) is 0 Å². The molecule has 3 rings (SSSR count). The van der Waals surface area contributed by atoms with E-state index in [0.29, 0.717) is 17.2 Å². The molecule has 0 saturated carbocycles. The third-order valence-electron chi connectivity index (χ3n) is 10.1. The molecular formula is C46H68O3. The molecule has 3 nitrogen and oxygen atoms in total. The molecule has 3 aromatic carbocycles. The zero-order valence-corrected chi connectivity index (χ0v) is 31.7. The normalized spacial score (nSPS) is 12.6. The van der Waals surface area contributed by atoms with Crippen molar-refractivity contribution in [2.45, 2.75) is 168 Å². The first kappa shape index (κ1) is 40.5. The maximum atomic E-state index is 13.0. The number of carbonyl (C=O) groups excluding carboxylic acids is 1. The van der Waals surface area contributed by atoms with Crippen molar-refractivity contribution in [1.82, 2.24) is 0 Å². The fourth-order valence-corrected chi connectivity index (χ4v) is 6.84. The summed E-state index contributed by atoms with van der Waals surface area (Å²) >= 11 is 0. The lowest BCUT2D eigenvalue weighted by Gasteiger charge is -2.17. The van der Waals surface area contributed by atoms with Gasteiger partial charge in [-0.1, -0.05) is 178 Å². The Bertz CT molecular complexity index is 1240. The number of ether oxygens (including phenoxy) is 2. The minimum atomic E-state index is -0.322. The van der Waals surface area contributed by atoms with Crippen LogP contribution in [0, 0.1) is 0 Å². The SMILES string of the molecule is CCCCCCCCCCCC(CCC)c1ccc(OC(=O)c2ccc(-c3ccc(C(C)OCCCCCCCCCC)cc3)cc2)cc1. The number of esters is 1. The molecule has 0 bridgehead atoms. The van der Waals surface area contributed by atoms with Gasteiger partial charge in [-0.25, -0.2) is 4.79 Å². The Hall–Kier alpha value is -2.91. The van der Waals surface area contributed by atoms with E-state index < -0.39 is 0 Å². The van der Waals surface area contributed by atoms with Crippen LogP contribution >= 0.6 is 0 Å². The van der Waals surface area contributed by atoms with Crippen LogP contribution in [-0.4, -0.2) is 12.6 Å². The molecule has 0 heterocycles. The average molecular weight is 669 g/mol. The number of benzene rings is 3. The lowest BCUT2D eigenvalue weighted by Crippen LogP contribution is -2.08. The van der Waals surface area contributed by atoms with Crippen molar-refractivity contribution in [3.63, 3.8) is 0 Å².